The molecule has 1 aromatic heterocycles. The van der Waals surface area contributed by atoms with Crippen LogP contribution < -0.4 is 0 Å². The highest BCUT2D eigenvalue weighted by Crippen LogP contribution is 2.34. The maximum atomic E-state index is 12.2. The Labute approximate surface area is 171 Å². The third kappa shape index (κ3) is 7.25. The highest BCUT2D eigenvalue weighted by Gasteiger charge is 2.42. The molecule has 1 aromatic rings. The minimum Gasteiger partial charge on any atom is -0.475 e. The van der Waals surface area contributed by atoms with Crippen LogP contribution in [0.1, 0.15) is 11.3 Å². The van der Waals surface area contributed by atoms with Gasteiger partial charge in [0.1, 0.15) is 6.61 Å². The lowest BCUT2D eigenvalue weighted by atomic mass is 9.87. The second-order valence-corrected chi connectivity index (χ2v) is 8.18. The van der Waals surface area contributed by atoms with Crippen LogP contribution in [0.2, 0.25) is 0 Å². The number of hydrogen-bond donors (Lipinski definition) is 1. The van der Waals surface area contributed by atoms with Crippen LogP contribution in [0.15, 0.2) is 17.5 Å². The fourth-order valence-electron chi connectivity index (χ4n) is 3.45. The van der Waals surface area contributed by atoms with Crippen LogP contribution in [-0.4, -0.2) is 86.1 Å². The molecule has 0 aromatic carbocycles. The number of alkyl halides is 3. The molecule has 1 atom stereocenters. The molecule has 0 saturated carbocycles. The van der Waals surface area contributed by atoms with Crippen LogP contribution in [0, 0.1) is 5.41 Å². The minimum atomic E-state index is -5.08. The second kappa shape index (κ2) is 10.4. The van der Waals surface area contributed by atoms with Gasteiger partial charge in [-0.2, -0.15) is 13.2 Å². The van der Waals surface area contributed by atoms with E-state index in [0.717, 1.165) is 39.2 Å². The lowest BCUT2D eigenvalue weighted by molar-refractivity contribution is -0.192. The van der Waals surface area contributed by atoms with Crippen LogP contribution in [0.25, 0.3) is 0 Å². The average Bonchev–Trinajstić information content (AvgIpc) is 3.23. The van der Waals surface area contributed by atoms with Crippen LogP contribution in [0.5, 0.6) is 0 Å². The number of carbonyl (C=O) groups excluding carboxylic acids is 1. The molecule has 2 saturated heterocycles. The number of carboxylic acid groups (broad SMARTS) is 1. The molecule has 1 spiro atoms. The van der Waals surface area contributed by atoms with E-state index in [1.165, 1.54) is 4.88 Å². The Hall–Kier alpha value is -1.69. The van der Waals surface area contributed by atoms with Crippen molar-refractivity contribution >= 4 is 23.2 Å². The summed E-state index contributed by atoms with van der Waals surface area (Å²) in [6, 6.07) is 4.29. The molecule has 1 unspecified atom stereocenters. The summed E-state index contributed by atoms with van der Waals surface area (Å²) in [5.41, 5.74) is 0.0805. The maximum Gasteiger partial charge on any atom is 0.490 e. The Bertz CT molecular complexity index is 671. The number of carboxylic acids is 1. The molecular weight excluding hydrogens is 413 g/mol. The topological polar surface area (TPSA) is 79.3 Å². The average molecular weight is 438 g/mol. The first kappa shape index (κ1) is 23.6. The van der Waals surface area contributed by atoms with E-state index in [2.05, 4.69) is 22.4 Å². The van der Waals surface area contributed by atoms with Gasteiger partial charge in [0.05, 0.1) is 13.2 Å². The molecule has 2 aliphatic rings. The van der Waals surface area contributed by atoms with Crippen molar-refractivity contribution in [2.45, 2.75) is 19.1 Å². The van der Waals surface area contributed by atoms with Gasteiger partial charge in [-0.05, 0) is 24.4 Å². The van der Waals surface area contributed by atoms with Gasteiger partial charge in [0.25, 0.3) is 0 Å². The molecule has 0 radical (unpaired) electrons. The zero-order valence-electron chi connectivity index (χ0n) is 16.1. The highest BCUT2D eigenvalue weighted by molar-refractivity contribution is 7.09. The summed E-state index contributed by atoms with van der Waals surface area (Å²) in [6.07, 6.45) is -3.99. The van der Waals surface area contributed by atoms with Crippen LogP contribution in [-0.2, 0) is 25.6 Å². The summed E-state index contributed by atoms with van der Waals surface area (Å²) in [5.74, 6) is -2.68. The van der Waals surface area contributed by atoms with Crippen molar-refractivity contribution in [2.24, 2.45) is 5.41 Å². The monoisotopic (exact) mass is 438 g/mol. The molecule has 7 nitrogen and oxygen atoms in total. The van der Waals surface area contributed by atoms with E-state index in [4.69, 9.17) is 19.4 Å². The Morgan fingerprint density at radius 3 is 2.66 bits per heavy atom. The van der Waals surface area contributed by atoms with Crippen molar-refractivity contribution in [2.75, 3.05) is 53.1 Å². The van der Waals surface area contributed by atoms with Crippen molar-refractivity contribution in [3.8, 4) is 0 Å². The Morgan fingerprint density at radius 1 is 1.34 bits per heavy atom. The number of carbonyl (C=O) groups is 2. The lowest BCUT2D eigenvalue weighted by Crippen LogP contribution is -2.44. The summed E-state index contributed by atoms with van der Waals surface area (Å²) in [5, 5.41) is 9.25. The minimum absolute atomic E-state index is 0.0732. The SMILES string of the molecule is COCC(=O)N1CCOCC2(CCN(Cc3cccs3)C2)C1.O=C(O)C(F)(F)F. The van der Waals surface area contributed by atoms with Crippen LogP contribution >= 0.6 is 11.3 Å². The number of likely N-dealkylation sites (tertiary alicyclic amines) is 1. The Kier molecular flexibility index (Phi) is 8.44. The molecule has 3 heterocycles. The molecule has 1 amide bonds. The molecule has 1 N–H and O–H groups in total. The zero-order chi connectivity index (χ0) is 21.5. The number of rotatable bonds is 4. The normalized spacial score (nSPS) is 22.8. The predicted molar refractivity (Wildman–Crippen MR) is 99.6 cm³/mol. The zero-order valence-corrected chi connectivity index (χ0v) is 16.9. The smallest absolute Gasteiger partial charge is 0.475 e. The van der Waals surface area contributed by atoms with Gasteiger partial charge in [0, 0.05) is 43.6 Å². The number of ether oxygens (including phenoxy) is 2. The third-order valence-corrected chi connectivity index (χ3v) is 5.64. The van der Waals surface area contributed by atoms with E-state index in [0.29, 0.717) is 13.2 Å². The summed E-state index contributed by atoms with van der Waals surface area (Å²) in [4.78, 5) is 26.9. The van der Waals surface area contributed by atoms with E-state index >= 15 is 0 Å². The van der Waals surface area contributed by atoms with Crippen molar-refractivity contribution in [3.63, 3.8) is 0 Å². The second-order valence-electron chi connectivity index (χ2n) is 7.14. The van der Waals surface area contributed by atoms with E-state index in [1.807, 2.05) is 16.2 Å². The standard InChI is InChI=1S/C16H24N2O3S.C2HF3O2/c1-20-10-15(19)18-6-7-21-13-16(12-18)4-5-17(11-16)9-14-3-2-8-22-14;3-2(4,5)1(6)7/h2-3,8H,4-7,9-13H2,1H3;(H,6,7). The third-order valence-electron chi connectivity index (χ3n) is 4.78. The van der Waals surface area contributed by atoms with Gasteiger partial charge >= 0.3 is 12.1 Å². The van der Waals surface area contributed by atoms with Gasteiger partial charge in [-0.15, -0.1) is 11.3 Å². The van der Waals surface area contributed by atoms with Crippen molar-refractivity contribution < 1.29 is 37.3 Å². The first-order chi connectivity index (χ1) is 13.6. The van der Waals surface area contributed by atoms with E-state index < -0.39 is 12.1 Å². The van der Waals surface area contributed by atoms with E-state index in [9.17, 15) is 18.0 Å². The van der Waals surface area contributed by atoms with Crippen LogP contribution in [0.3, 0.4) is 0 Å². The number of halogens is 3. The van der Waals surface area contributed by atoms with Gasteiger partial charge in [-0.1, -0.05) is 6.07 Å². The molecule has 164 valence electrons. The van der Waals surface area contributed by atoms with Gasteiger partial charge < -0.3 is 19.5 Å². The number of hydrogen-bond acceptors (Lipinski definition) is 6. The molecule has 2 fully saturated rings. The quantitative estimate of drug-likeness (QED) is 0.776. The summed E-state index contributed by atoms with van der Waals surface area (Å²) in [7, 11) is 1.57. The Balaban J connectivity index is 0.000000370. The molecule has 0 aliphatic carbocycles. The summed E-state index contributed by atoms with van der Waals surface area (Å²) < 4.78 is 42.6. The van der Waals surface area contributed by atoms with Gasteiger partial charge in [0.15, 0.2) is 0 Å². The van der Waals surface area contributed by atoms with Gasteiger partial charge in [-0.25, -0.2) is 4.79 Å². The highest BCUT2D eigenvalue weighted by atomic mass is 32.1. The summed E-state index contributed by atoms with van der Waals surface area (Å²) in [6.45, 7) is 6.09. The first-order valence-electron chi connectivity index (χ1n) is 9.04. The summed E-state index contributed by atoms with van der Waals surface area (Å²) >= 11 is 1.81. The number of nitrogens with zero attached hydrogens (tertiary/aromatic N) is 2. The molecule has 0 bridgehead atoms. The van der Waals surface area contributed by atoms with Gasteiger partial charge in [-0.3, -0.25) is 9.69 Å². The molecule has 11 heteroatoms. The van der Waals surface area contributed by atoms with Crippen LogP contribution in [0.4, 0.5) is 13.2 Å². The first-order valence-corrected chi connectivity index (χ1v) is 9.92. The van der Waals surface area contributed by atoms with Gasteiger partial charge in [0.2, 0.25) is 5.91 Å². The maximum absolute atomic E-state index is 12.2. The molecule has 3 rings (SSSR count). The predicted octanol–water partition coefficient (Wildman–Crippen LogP) is 2.08. The van der Waals surface area contributed by atoms with E-state index in [-0.39, 0.29) is 17.9 Å². The fourth-order valence-corrected chi connectivity index (χ4v) is 4.20. The number of amides is 1. The van der Waals surface area contributed by atoms with Crippen molar-refractivity contribution in [1.82, 2.24) is 9.80 Å². The fraction of sp³-hybridized carbons (Fsp3) is 0.667. The van der Waals surface area contributed by atoms with E-state index in [1.54, 1.807) is 7.11 Å². The number of aliphatic carboxylic acids is 1. The molecule has 2 aliphatic heterocycles. The molecular formula is C18H25F3N2O5S. The molecule has 29 heavy (non-hydrogen) atoms. The Morgan fingerprint density at radius 2 is 2.07 bits per heavy atom. The van der Waals surface area contributed by atoms with Crippen molar-refractivity contribution in [3.05, 3.63) is 22.4 Å². The number of methoxy groups -OCH3 is 1. The lowest BCUT2D eigenvalue weighted by Gasteiger charge is -2.31. The largest absolute Gasteiger partial charge is 0.490 e. The van der Waals surface area contributed by atoms with Crippen molar-refractivity contribution in [1.29, 1.82) is 0 Å². The number of thiophene rings is 1.